The first kappa shape index (κ1) is 25.0. The van der Waals surface area contributed by atoms with Gasteiger partial charge in [0.15, 0.2) is 5.17 Å². The third kappa shape index (κ3) is 5.84. The molecule has 178 valence electrons. The normalized spacial score (nSPS) is 15.6. The van der Waals surface area contributed by atoms with Gasteiger partial charge >= 0.3 is 0 Å². The smallest absolute Gasteiger partial charge is 0.271 e. The second-order valence-corrected chi connectivity index (χ2v) is 11.2. The maximum atomic E-state index is 13.5. The van der Waals surface area contributed by atoms with Crippen LogP contribution >= 0.6 is 56.9 Å². The Labute approximate surface area is 241 Å². The highest BCUT2D eigenvalue weighted by atomic mass is 127. The molecule has 1 heterocycles. The number of amides is 1. The molecule has 0 N–H and O–H groups in total. The number of amidine groups is 1. The number of carbonyl (C=O) groups excluding carboxylic acids is 1. The number of hydrogen-bond donors (Lipinski definition) is 0. The van der Waals surface area contributed by atoms with Gasteiger partial charge in [0.05, 0.1) is 23.4 Å². The lowest BCUT2D eigenvalue weighted by Gasteiger charge is -2.15. The SMILES string of the molecule is O=C1/C(=C\c2cc(I)c(OCc3ccccc3)c(I)c2)SC(=Nc2ccccc2)N1c1ccccc1. The summed E-state index contributed by atoms with van der Waals surface area (Å²) in [5, 5.41) is 0.635. The van der Waals surface area contributed by atoms with Gasteiger partial charge in [-0.25, -0.2) is 4.99 Å². The molecule has 1 saturated heterocycles. The third-order valence-electron chi connectivity index (χ3n) is 5.35. The minimum Gasteiger partial charge on any atom is -0.487 e. The summed E-state index contributed by atoms with van der Waals surface area (Å²) < 4.78 is 8.12. The van der Waals surface area contributed by atoms with E-state index in [0.29, 0.717) is 16.7 Å². The second kappa shape index (κ2) is 11.6. The van der Waals surface area contributed by atoms with E-state index in [4.69, 9.17) is 9.73 Å². The second-order valence-electron chi connectivity index (χ2n) is 7.90. The van der Waals surface area contributed by atoms with Crippen molar-refractivity contribution in [3.05, 3.63) is 126 Å². The van der Waals surface area contributed by atoms with Gasteiger partial charge in [-0.05, 0) is 111 Å². The summed E-state index contributed by atoms with van der Waals surface area (Å²) in [4.78, 5) is 20.6. The van der Waals surface area contributed by atoms with Gasteiger partial charge in [0.25, 0.3) is 5.91 Å². The first-order valence-electron chi connectivity index (χ1n) is 11.2. The van der Waals surface area contributed by atoms with Crippen molar-refractivity contribution in [3.63, 3.8) is 0 Å². The van der Waals surface area contributed by atoms with E-state index < -0.39 is 0 Å². The highest BCUT2D eigenvalue weighted by molar-refractivity contribution is 14.1. The highest BCUT2D eigenvalue weighted by Gasteiger charge is 2.34. The van der Waals surface area contributed by atoms with Crippen LogP contribution in [-0.4, -0.2) is 11.1 Å². The van der Waals surface area contributed by atoms with Gasteiger partial charge in [-0.15, -0.1) is 0 Å². The maximum absolute atomic E-state index is 13.5. The lowest BCUT2D eigenvalue weighted by Crippen LogP contribution is -2.28. The predicted molar refractivity (Wildman–Crippen MR) is 166 cm³/mol. The summed E-state index contributed by atoms with van der Waals surface area (Å²) >= 11 is 5.97. The molecule has 1 aliphatic heterocycles. The van der Waals surface area contributed by atoms with E-state index in [1.807, 2.05) is 97.1 Å². The first-order chi connectivity index (χ1) is 17.6. The Kier molecular flexibility index (Phi) is 8.08. The quantitative estimate of drug-likeness (QED) is 0.149. The Morgan fingerprint density at radius 3 is 2.06 bits per heavy atom. The van der Waals surface area contributed by atoms with Gasteiger partial charge in [-0.1, -0.05) is 66.7 Å². The number of rotatable bonds is 6. The van der Waals surface area contributed by atoms with E-state index in [0.717, 1.165) is 35.4 Å². The van der Waals surface area contributed by atoms with Crippen LogP contribution in [0.4, 0.5) is 11.4 Å². The van der Waals surface area contributed by atoms with Crippen LogP contribution in [0.2, 0.25) is 0 Å². The Hall–Kier alpha value is -2.63. The van der Waals surface area contributed by atoms with Crippen LogP contribution < -0.4 is 9.64 Å². The molecule has 4 nitrogen and oxygen atoms in total. The molecule has 0 radical (unpaired) electrons. The molecule has 4 aromatic rings. The molecule has 36 heavy (non-hydrogen) atoms. The lowest BCUT2D eigenvalue weighted by atomic mass is 10.2. The van der Waals surface area contributed by atoms with Crippen molar-refractivity contribution in [1.82, 2.24) is 0 Å². The molecule has 0 spiro atoms. The zero-order valence-electron chi connectivity index (χ0n) is 19.0. The van der Waals surface area contributed by atoms with Crippen molar-refractivity contribution in [2.75, 3.05) is 4.90 Å². The summed E-state index contributed by atoms with van der Waals surface area (Å²) in [6.45, 7) is 0.507. The summed E-state index contributed by atoms with van der Waals surface area (Å²) in [6, 6.07) is 33.5. The molecule has 4 aromatic carbocycles. The van der Waals surface area contributed by atoms with Crippen LogP contribution in [0.5, 0.6) is 5.75 Å². The molecule has 1 amide bonds. The maximum Gasteiger partial charge on any atom is 0.271 e. The number of nitrogens with zero attached hydrogens (tertiary/aromatic N) is 2. The molecule has 0 atom stereocenters. The van der Waals surface area contributed by atoms with Gasteiger partial charge < -0.3 is 4.74 Å². The van der Waals surface area contributed by atoms with E-state index in [2.05, 4.69) is 57.3 Å². The molecule has 5 rings (SSSR count). The number of para-hydroxylation sites is 2. The number of ether oxygens (including phenoxy) is 1. The van der Waals surface area contributed by atoms with E-state index in [9.17, 15) is 4.79 Å². The third-order valence-corrected chi connectivity index (χ3v) is 7.92. The first-order valence-corrected chi connectivity index (χ1v) is 14.1. The van der Waals surface area contributed by atoms with Crippen molar-refractivity contribution >= 4 is 85.5 Å². The number of hydrogen-bond acceptors (Lipinski definition) is 4. The largest absolute Gasteiger partial charge is 0.487 e. The van der Waals surface area contributed by atoms with E-state index in [-0.39, 0.29) is 5.91 Å². The molecular formula is C29H20I2N2O2S. The van der Waals surface area contributed by atoms with Gasteiger partial charge in [-0.3, -0.25) is 9.69 Å². The van der Waals surface area contributed by atoms with Gasteiger partial charge in [0.1, 0.15) is 12.4 Å². The van der Waals surface area contributed by atoms with Gasteiger partial charge in [0.2, 0.25) is 0 Å². The van der Waals surface area contributed by atoms with Crippen molar-refractivity contribution in [2.24, 2.45) is 4.99 Å². The molecule has 0 saturated carbocycles. The Morgan fingerprint density at radius 2 is 1.42 bits per heavy atom. The monoisotopic (exact) mass is 714 g/mol. The van der Waals surface area contributed by atoms with Crippen molar-refractivity contribution < 1.29 is 9.53 Å². The summed E-state index contributed by atoms with van der Waals surface area (Å²) in [5.41, 5.74) is 3.66. The average molecular weight is 714 g/mol. The fraction of sp³-hybridized carbons (Fsp3) is 0.0345. The van der Waals surface area contributed by atoms with E-state index in [1.54, 1.807) is 4.90 Å². The molecule has 1 aliphatic rings. The number of carbonyl (C=O) groups is 1. The lowest BCUT2D eigenvalue weighted by molar-refractivity contribution is -0.113. The van der Waals surface area contributed by atoms with Crippen LogP contribution in [-0.2, 0) is 11.4 Å². The van der Waals surface area contributed by atoms with Crippen molar-refractivity contribution in [3.8, 4) is 5.75 Å². The number of halogens is 2. The minimum absolute atomic E-state index is 0.0877. The molecule has 0 bridgehead atoms. The molecule has 0 aromatic heterocycles. The Bertz CT molecular complexity index is 1420. The summed E-state index contributed by atoms with van der Waals surface area (Å²) in [5.74, 6) is 0.764. The summed E-state index contributed by atoms with van der Waals surface area (Å²) in [7, 11) is 0. The van der Waals surface area contributed by atoms with E-state index >= 15 is 0 Å². The number of benzene rings is 4. The molecule has 0 aliphatic carbocycles. The van der Waals surface area contributed by atoms with Crippen molar-refractivity contribution in [1.29, 1.82) is 0 Å². The molecule has 7 heteroatoms. The Balaban J connectivity index is 1.45. The van der Waals surface area contributed by atoms with Crippen LogP contribution in [0.3, 0.4) is 0 Å². The van der Waals surface area contributed by atoms with Crippen LogP contribution in [0.25, 0.3) is 6.08 Å². The highest BCUT2D eigenvalue weighted by Crippen LogP contribution is 2.38. The fourth-order valence-electron chi connectivity index (χ4n) is 3.65. The van der Waals surface area contributed by atoms with Crippen LogP contribution in [0.1, 0.15) is 11.1 Å². The van der Waals surface area contributed by atoms with Gasteiger partial charge in [-0.2, -0.15) is 0 Å². The number of anilines is 1. The fourth-order valence-corrected chi connectivity index (χ4v) is 6.78. The van der Waals surface area contributed by atoms with Crippen LogP contribution in [0.15, 0.2) is 113 Å². The number of aliphatic imine (C=N–C) groups is 1. The van der Waals surface area contributed by atoms with Crippen LogP contribution in [0, 0.1) is 7.14 Å². The molecule has 1 fully saturated rings. The molecular weight excluding hydrogens is 694 g/mol. The zero-order valence-corrected chi connectivity index (χ0v) is 24.1. The Morgan fingerprint density at radius 1 is 0.833 bits per heavy atom. The predicted octanol–water partition coefficient (Wildman–Crippen LogP) is 8.28. The van der Waals surface area contributed by atoms with Crippen molar-refractivity contribution in [2.45, 2.75) is 6.61 Å². The van der Waals surface area contributed by atoms with E-state index in [1.165, 1.54) is 11.8 Å². The summed E-state index contributed by atoms with van der Waals surface area (Å²) in [6.07, 6.45) is 1.93. The number of thioether (sulfide) groups is 1. The molecule has 0 unspecified atom stereocenters. The van der Waals surface area contributed by atoms with Gasteiger partial charge in [0, 0.05) is 0 Å². The standard InChI is InChI=1S/C29H20I2N2O2S/c30-24-16-21(17-25(31)27(24)35-19-20-10-4-1-5-11-20)18-26-28(34)33(23-14-8-3-9-15-23)29(36-26)32-22-12-6-2-7-13-22/h1-18H,19H2/b26-18+,32-29?. The minimum atomic E-state index is -0.0877. The zero-order chi connectivity index (χ0) is 24.9. The average Bonchev–Trinajstić information content (AvgIpc) is 3.19. The topological polar surface area (TPSA) is 41.9 Å².